The third-order valence-electron chi connectivity index (χ3n) is 5.66. The number of aryl methyl sites for hydroxylation is 2. The zero-order chi connectivity index (χ0) is 25.0. The number of hydrogen-bond donors (Lipinski definition) is 0. The topological polar surface area (TPSA) is 99.7 Å². The normalized spacial score (nSPS) is 12.4. The van der Waals surface area contributed by atoms with Gasteiger partial charge >= 0.3 is 6.18 Å². The number of aromatic nitrogens is 5. The summed E-state index contributed by atoms with van der Waals surface area (Å²) < 4.78 is 67.9. The first kappa shape index (κ1) is 23.6. The molecule has 0 N–H and O–H groups in total. The Balaban J connectivity index is 2.01. The second kappa shape index (κ2) is 8.05. The molecular formula is C22H20F3N5O3S. The Kier molecular flexibility index (Phi) is 5.59. The summed E-state index contributed by atoms with van der Waals surface area (Å²) in [6.07, 6.45) is -2.06. The molecular weight excluding hydrogens is 471 g/mol. The van der Waals surface area contributed by atoms with E-state index < -0.39 is 27.1 Å². The van der Waals surface area contributed by atoms with Crippen LogP contribution >= 0.6 is 0 Å². The summed E-state index contributed by atoms with van der Waals surface area (Å²) in [7, 11) is -2.14. The summed E-state index contributed by atoms with van der Waals surface area (Å²) >= 11 is 0. The molecule has 0 saturated heterocycles. The van der Waals surface area contributed by atoms with Crippen LogP contribution in [0, 0.1) is 13.8 Å². The lowest BCUT2D eigenvalue weighted by atomic mass is 10.1. The van der Waals surface area contributed by atoms with Crippen LogP contribution in [0.15, 0.2) is 46.3 Å². The molecule has 0 spiro atoms. The van der Waals surface area contributed by atoms with Crippen LogP contribution in [-0.4, -0.2) is 38.7 Å². The van der Waals surface area contributed by atoms with Crippen LogP contribution in [-0.2, 0) is 23.1 Å². The minimum Gasteiger partial charge on any atom is -0.272 e. The van der Waals surface area contributed by atoms with Crippen LogP contribution in [0.3, 0.4) is 0 Å². The summed E-state index contributed by atoms with van der Waals surface area (Å²) in [4.78, 5) is 17.1. The average Bonchev–Trinajstić information content (AvgIpc) is 3.04. The molecule has 0 radical (unpaired) electrons. The zero-order valence-electron chi connectivity index (χ0n) is 18.7. The number of rotatable bonds is 4. The van der Waals surface area contributed by atoms with Crippen LogP contribution < -0.4 is 5.56 Å². The minimum atomic E-state index is -4.65. The molecule has 178 valence electrons. The molecule has 0 aliphatic rings. The average molecular weight is 491 g/mol. The Morgan fingerprint density at radius 3 is 2.38 bits per heavy atom. The van der Waals surface area contributed by atoms with E-state index in [2.05, 4.69) is 15.2 Å². The number of nitrogens with zero attached hydrogens (tertiary/aromatic N) is 5. The lowest BCUT2D eigenvalue weighted by molar-refractivity contribution is -0.137. The number of hydrogen-bond acceptors (Lipinski definition) is 6. The molecule has 0 saturated carbocycles. The molecule has 0 bridgehead atoms. The highest BCUT2D eigenvalue weighted by atomic mass is 32.2. The molecule has 4 rings (SSSR count). The second-order valence-electron chi connectivity index (χ2n) is 7.78. The predicted octanol–water partition coefficient (Wildman–Crippen LogP) is 3.61. The lowest BCUT2D eigenvalue weighted by Gasteiger charge is -2.13. The van der Waals surface area contributed by atoms with Crippen molar-refractivity contribution in [3.05, 3.63) is 64.0 Å². The van der Waals surface area contributed by atoms with Crippen molar-refractivity contribution in [1.82, 2.24) is 24.5 Å². The van der Waals surface area contributed by atoms with Crippen molar-refractivity contribution in [2.45, 2.75) is 31.8 Å². The van der Waals surface area contributed by atoms with E-state index in [-0.39, 0.29) is 27.2 Å². The van der Waals surface area contributed by atoms with E-state index in [1.807, 2.05) is 6.92 Å². The Bertz CT molecular complexity index is 1600. The fraction of sp³-hybridized carbons (Fsp3) is 0.273. The molecule has 1 aromatic carbocycles. The molecule has 34 heavy (non-hydrogen) atoms. The van der Waals surface area contributed by atoms with Gasteiger partial charge in [0.05, 0.1) is 28.6 Å². The van der Waals surface area contributed by atoms with Crippen molar-refractivity contribution < 1.29 is 21.6 Å². The van der Waals surface area contributed by atoms with Gasteiger partial charge in [-0.2, -0.15) is 28.1 Å². The Labute approximate surface area is 192 Å². The maximum absolute atomic E-state index is 13.2. The monoisotopic (exact) mass is 491 g/mol. The molecule has 0 aliphatic heterocycles. The van der Waals surface area contributed by atoms with E-state index in [4.69, 9.17) is 0 Å². The van der Waals surface area contributed by atoms with Gasteiger partial charge in [-0.1, -0.05) is 13.0 Å². The van der Waals surface area contributed by atoms with Gasteiger partial charge in [0.1, 0.15) is 4.90 Å². The number of halogens is 3. The van der Waals surface area contributed by atoms with Gasteiger partial charge in [-0.25, -0.2) is 13.4 Å². The highest BCUT2D eigenvalue weighted by molar-refractivity contribution is 7.91. The first-order valence-electron chi connectivity index (χ1n) is 10.2. The summed E-state index contributed by atoms with van der Waals surface area (Å²) in [6.45, 7) is 5.04. The maximum atomic E-state index is 13.2. The van der Waals surface area contributed by atoms with E-state index in [1.54, 1.807) is 18.7 Å². The number of fused-ring (bicyclic) bond motifs is 1. The predicted molar refractivity (Wildman–Crippen MR) is 120 cm³/mol. The van der Waals surface area contributed by atoms with Crippen LogP contribution in [0.4, 0.5) is 13.2 Å². The van der Waals surface area contributed by atoms with E-state index in [9.17, 15) is 26.4 Å². The van der Waals surface area contributed by atoms with Crippen LogP contribution in [0.2, 0.25) is 0 Å². The largest absolute Gasteiger partial charge is 0.416 e. The maximum Gasteiger partial charge on any atom is 0.416 e. The first-order valence-corrected chi connectivity index (χ1v) is 11.8. The number of sulfone groups is 1. The molecule has 0 fully saturated rings. The van der Waals surface area contributed by atoms with Crippen molar-refractivity contribution >= 4 is 20.6 Å². The van der Waals surface area contributed by atoms with Gasteiger partial charge < -0.3 is 0 Å². The first-order chi connectivity index (χ1) is 15.8. The SMILES string of the molecule is CCS(=O)(=O)c1cc(-c2c(C)nn(C)c2C)cnc1-n1ncc2ccc(C(F)(F)F)cc2c1=O. The van der Waals surface area contributed by atoms with Gasteiger partial charge in [0.25, 0.3) is 5.56 Å². The third kappa shape index (κ3) is 3.87. The van der Waals surface area contributed by atoms with Crippen molar-refractivity contribution in [3.63, 3.8) is 0 Å². The van der Waals surface area contributed by atoms with E-state index in [1.165, 1.54) is 25.4 Å². The summed E-state index contributed by atoms with van der Waals surface area (Å²) in [5.74, 6) is -0.564. The standard InChI is InChI=1S/C22H20F3N5O3S/c1-5-34(32,33)18-8-15(19-12(2)28-29(4)13(19)3)10-26-20(18)30-21(31)17-9-16(22(23,24)25)7-6-14(17)11-27-30/h6-11H,5H2,1-4H3. The van der Waals surface area contributed by atoms with Crippen LogP contribution in [0.5, 0.6) is 0 Å². The molecule has 3 heterocycles. The van der Waals surface area contributed by atoms with Crippen LogP contribution in [0.25, 0.3) is 27.7 Å². The van der Waals surface area contributed by atoms with Crippen molar-refractivity contribution in [3.8, 4) is 16.9 Å². The van der Waals surface area contributed by atoms with Gasteiger partial charge in [0.2, 0.25) is 0 Å². The minimum absolute atomic E-state index is 0.187. The summed E-state index contributed by atoms with van der Waals surface area (Å²) in [5.41, 5.74) is 0.713. The molecule has 0 amide bonds. The molecule has 0 atom stereocenters. The van der Waals surface area contributed by atoms with Gasteiger partial charge in [-0.15, -0.1) is 0 Å². The number of alkyl halides is 3. The van der Waals surface area contributed by atoms with E-state index in [0.717, 1.165) is 28.6 Å². The highest BCUT2D eigenvalue weighted by Gasteiger charge is 2.31. The molecule has 4 aromatic rings. The van der Waals surface area contributed by atoms with E-state index in [0.29, 0.717) is 16.8 Å². The molecule has 0 aliphatic carbocycles. The van der Waals surface area contributed by atoms with Gasteiger partial charge in [0.15, 0.2) is 15.7 Å². The van der Waals surface area contributed by atoms with Gasteiger partial charge in [0, 0.05) is 35.5 Å². The lowest BCUT2D eigenvalue weighted by Crippen LogP contribution is -2.25. The molecule has 3 aromatic heterocycles. The Hall–Kier alpha value is -3.54. The van der Waals surface area contributed by atoms with E-state index >= 15 is 0 Å². The Morgan fingerprint density at radius 2 is 1.79 bits per heavy atom. The fourth-order valence-corrected chi connectivity index (χ4v) is 4.81. The fourth-order valence-electron chi connectivity index (χ4n) is 3.78. The van der Waals surface area contributed by atoms with Crippen molar-refractivity contribution in [2.24, 2.45) is 7.05 Å². The molecule has 8 nitrogen and oxygen atoms in total. The molecule has 0 unspecified atom stereocenters. The third-order valence-corrected chi connectivity index (χ3v) is 7.39. The quantitative estimate of drug-likeness (QED) is 0.433. The van der Waals surface area contributed by atoms with Gasteiger partial charge in [-0.3, -0.25) is 9.48 Å². The molecule has 12 heteroatoms. The summed E-state index contributed by atoms with van der Waals surface area (Å²) in [6, 6.07) is 4.11. The number of benzene rings is 1. The van der Waals surface area contributed by atoms with Gasteiger partial charge in [-0.05, 0) is 32.0 Å². The zero-order valence-corrected chi connectivity index (χ0v) is 19.5. The number of pyridine rings is 1. The highest BCUT2D eigenvalue weighted by Crippen LogP contribution is 2.32. The Morgan fingerprint density at radius 1 is 1.09 bits per heavy atom. The van der Waals surface area contributed by atoms with Crippen molar-refractivity contribution in [2.75, 3.05) is 5.75 Å². The summed E-state index contributed by atoms with van der Waals surface area (Å²) in [5, 5.41) is 8.27. The van der Waals surface area contributed by atoms with Crippen LogP contribution in [0.1, 0.15) is 23.9 Å². The smallest absolute Gasteiger partial charge is 0.272 e. The second-order valence-corrected chi connectivity index (χ2v) is 10.0. The van der Waals surface area contributed by atoms with Crippen molar-refractivity contribution in [1.29, 1.82) is 0 Å².